The fourth-order valence-electron chi connectivity index (χ4n) is 1.58. The number of carbonyl (C=O) groups is 1. The number of hydrogen-bond acceptors (Lipinski definition) is 2. The lowest BCUT2D eigenvalue weighted by Crippen LogP contribution is -2.13. The highest BCUT2D eigenvalue weighted by Crippen LogP contribution is 2.17. The number of primary amides is 1. The van der Waals surface area contributed by atoms with Gasteiger partial charge in [-0.2, -0.15) is 5.10 Å². The van der Waals surface area contributed by atoms with E-state index in [4.69, 9.17) is 5.73 Å². The van der Waals surface area contributed by atoms with Crippen LogP contribution in [-0.4, -0.2) is 15.7 Å². The van der Waals surface area contributed by atoms with Gasteiger partial charge in [-0.25, -0.2) is 0 Å². The summed E-state index contributed by atoms with van der Waals surface area (Å²) in [5, 5.41) is 5.12. The van der Waals surface area contributed by atoms with Gasteiger partial charge in [-0.3, -0.25) is 9.48 Å². The van der Waals surface area contributed by atoms with Crippen LogP contribution in [0.3, 0.4) is 0 Å². The fourth-order valence-corrected chi connectivity index (χ4v) is 1.58. The van der Waals surface area contributed by atoms with Crippen LogP contribution in [-0.2, 0) is 18.3 Å². The van der Waals surface area contributed by atoms with Crippen molar-refractivity contribution in [1.29, 1.82) is 0 Å². The molecule has 0 aliphatic carbocycles. The van der Waals surface area contributed by atoms with Crippen LogP contribution in [0.5, 0.6) is 0 Å². The Hall–Kier alpha value is -1.84. The van der Waals surface area contributed by atoms with E-state index >= 15 is 0 Å². The molecule has 0 saturated carbocycles. The SMILES string of the molecule is Cn1ncc2c(CC(N)=O)cccc21. The Morgan fingerprint density at radius 1 is 1.57 bits per heavy atom. The van der Waals surface area contributed by atoms with Gasteiger partial charge in [0.2, 0.25) is 5.91 Å². The van der Waals surface area contributed by atoms with Gasteiger partial charge in [0.15, 0.2) is 0 Å². The molecule has 1 amide bonds. The number of aromatic nitrogens is 2. The molecule has 14 heavy (non-hydrogen) atoms. The lowest BCUT2D eigenvalue weighted by atomic mass is 10.1. The molecule has 0 spiro atoms. The van der Waals surface area contributed by atoms with Crippen molar-refractivity contribution in [3.05, 3.63) is 30.0 Å². The summed E-state index contributed by atoms with van der Waals surface area (Å²) in [5.74, 6) is -0.318. The van der Waals surface area contributed by atoms with Crippen molar-refractivity contribution in [3.63, 3.8) is 0 Å². The summed E-state index contributed by atoms with van der Waals surface area (Å²) >= 11 is 0. The van der Waals surface area contributed by atoms with Crippen LogP contribution in [0.2, 0.25) is 0 Å². The van der Waals surface area contributed by atoms with E-state index in [-0.39, 0.29) is 12.3 Å². The topological polar surface area (TPSA) is 60.9 Å². The Kier molecular flexibility index (Phi) is 1.96. The first-order valence-corrected chi connectivity index (χ1v) is 4.36. The molecule has 72 valence electrons. The average Bonchev–Trinajstić information content (AvgIpc) is 2.49. The molecule has 0 fully saturated rings. The van der Waals surface area contributed by atoms with E-state index in [1.807, 2.05) is 25.2 Å². The average molecular weight is 189 g/mol. The largest absolute Gasteiger partial charge is 0.369 e. The van der Waals surface area contributed by atoms with E-state index in [2.05, 4.69) is 5.10 Å². The first kappa shape index (κ1) is 8.74. The minimum atomic E-state index is -0.318. The Morgan fingerprint density at radius 2 is 2.36 bits per heavy atom. The van der Waals surface area contributed by atoms with Crippen LogP contribution in [0.25, 0.3) is 10.9 Å². The van der Waals surface area contributed by atoms with E-state index in [1.165, 1.54) is 0 Å². The standard InChI is InChI=1S/C10H11N3O/c1-13-9-4-2-3-7(5-10(11)14)8(9)6-12-13/h2-4,6H,5H2,1H3,(H2,11,14). The first-order chi connectivity index (χ1) is 6.68. The summed E-state index contributed by atoms with van der Waals surface area (Å²) in [6.07, 6.45) is 2.02. The Morgan fingerprint density at radius 3 is 3.07 bits per heavy atom. The van der Waals surface area contributed by atoms with Crippen molar-refractivity contribution in [2.24, 2.45) is 12.8 Å². The van der Waals surface area contributed by atoms with Gasteiger partial charge in [0, 0.05) is 12.4 Å². The fraction of sp³-hybridized carbons (Fsp3) is 0.200. The molecule has 1 aromatic heterocycles. The van der Waals surface area contributed by atoms with Crippen molar-refractivity contribution in [2.45, 2.75) is 6.42 Å². The molecule has 2 rings (SSSR count). The monoisotopic (exact) mass is 189 g/mol. The predicted molar refractivity (Wildman–Crippen MR) is 53.6 cm³/mol. The van der Waals surface area contributed by atoms with Crippen molar-refractivity contribution < 1.29 is 4.79 Å². The summed E-state index contributed by atoms with van der Waals surface area (Å²) in [6, 6.07) is 5.77. The number of nitrogens with two attached hydrogens (primary N) is 1. The van der Waals surface area contributed by atoms with Crippen LogP contribution in [0, 0.1) is 0 Å². The third-order valence-electron chi connectivity index (χ3n) is 2.25. The maximum atomic E-state index is 10.8. The summed E-state index contributed by atoms with van der Waals surface area (Å²) in [5.41, 5.74) is 7.11. The van der Waals surface area contributed by atoms with Gasteiger partial charge < -0.3 is 5.73 Å². The van der Waals surface area contributed by atoms with Crippen LogP contribution in [0.15, 0.2) is 24.4 Å². The van der Waals surface area contributed by atoms with Gasteiger partial charge in [0.05, 0.1) is 18.1 Å². The minimum Gasteiger partial charge on any atom is -0.369 e. The molecule has 1 heterocycles. The molecule has 4 heteroatoms. The van der Waals surface area contributed by atoms with Gasteiger partial charge in [0.1, 0.15) is 0 Å². The summed E-state index contributed by atoms with van der Waals surface area (Å²) in [4.78, 5) is 10.8. The molecular weight excluding hydrogens is 178 g/mol. The zero-order valence-electron chi connectivity index (χ0n) is 7.90. The Bertz CT molecular complexity index is 487. The van der Waals surface area contributed by atoms with Crippen LogP contribution in [0.4, 0.5) is 0 Å². The van der Waals surface area contributed by atoms with Crippen molar-refractivity contribution in [1.82, 2.24) is 9.78 Å². The molecule has 1 aromatic carbocycles. The summed E-state index contributed by atoms with van der Waals surface area (Å²) in [6.45, 7) is 0. The second kappa shape index (κ2) is 3.14. The highest BCUT2D eigenvalue weighted by atomic mass is 16.1. The van der Waals surface area contributed by atoms with Gasteiger partial charge in [0.25, 0.3) is 0 Å². The maximum Gasteiger partial charge on any atom is 0.221 e. The second-order valence-corrected chi connectivity index (χ2v) is 3.26. The highest BCUT2D eigenvalue weighted by molar-refractivity contribution is 5.87. The van der Waals surface area contributed by atoms with E-state index < -0.39 is 0 Å². The summed E-state index contributed by atoms with van der Waals surface area (Å²) < 4.78 is 1.78. The van der Waals surface area contributed by atoms with E-state index in [0.717, 1.165) is 16.5 Å². The maximum absolute atomic E-state index is 10.8. The normalized spacial score (nSPS) is 10.6. The van der Waals surface area contributed by atoms with Crippen LogP contribution in [0.1, 0.15) is 5.56 Å². The number of aryl methyl sites for hydroxylation is 1. The Labute approximate surface area is 81.3 Å². The molecule has 0 aliphatic heterocycles. The van der Waals surface area contributed by atoms with Gasteiger partial charge in [-0.05, 0) is 11.6 Å². The molecule has 0 saturated heterocycles. The lowest BCUT2D eigenvalue weighted by Gasteiger charge is -1.99. The van der Waals surface area contributed by atoms with Crippen molar-refractivity contribution >= 4 is 16.8 Å². The third kappa shape index (κ3) is 1.35. The molecule has 0 aliphatic rings. The molecular formula is C10H11N3O. The zero-order valence-corrected chi connectivity index (χ0v) is 7.90. The smallest absolute Gasteiger partial charge is 0.221 e. The molecule has 4 nitrogen and oxygen atoms in total. The highest BCUT2D eigenvalue weighted by Gasteiger charge is 2.06. The zero-order chi connectivity index (χ0) is 10.1. The number of carbonyl (C=O) groups excluding carboxylic acids is 1. The van der Waals surface area contributed by atoms with Gasteiger partial charge in [-0.1, -0.05) is 12.1 Å². The quantitative estimate of drug-likeness (QED) is 0.752. The Balaban J connectivity index is 2.59. The van der Waals surface area contributed by atoms with Gasteiger partial charge >= 0.3 is 0 Å². The molecule has 0 unspecified atom stereocenters. The number of fused-ring (bicyclic) bond motifs is 1. The number of rotatable bonds is 2. The molecule has 2 aromatic rings. The molecule has 0 radical (unpaired) electrons. The minimum absolute atomic E-state index is 0.267. The van der Waals surface area contributed by atoms with E-state index in [1.54, 1.807) is 10.9 Å². The number of nitrogens with zero attached hydrogens (tertiary/aromatic N) is 2. The molecule has 0 bridgehead atoms. The third-order valence-corrected chi connectivity index (χ3v) is 2.25. The molecule has 0 atom stereocenters. The van der Waals surface area contributed by atoms with E-state index in [9.17, 15) is 4.79 Å². The van der Waals surface area contributed by atoms with Gasteiger partial charge in [-0.15, -0.1) is 0 Å². The van der Waals surface area contributed by atoms with Crippen molar-refractivity contribution in [2.75, 3.05) is 0 Å². The first-order valence-electron chi connectivity index (χ1n) is 4.36. The van der Waals surface area contributed by atoms with Crippen LogP contribution >= 0.6 is 0 Å². The number of hydrogen-bond donors (Lipinski definition) is 1. The van der Waals surface area contributed by atoms with Crippen LogP contribution < -0.4 is 5.73 Å². The molecule has 2 N–H and O–H groups in total. The summed E-state index contributed by atoms with van der Waals surface area (Å²) in [7, 11) is 1.87. The van der Waals surface area contributed by atoms with E-state index in [0.29, 0.717) is 0 Å². The second-order valence-electron chi connectivity index (χ2n) is 3.26. The lowest BCUT2D eigenvalue weighted by molar-refractivity contribution is -0.117. The number of amides is 1. The number of benzene rings is 1. The predicted octanol–water partition coefficient (Wildman–Crippen LogP) is 0.601. The van der Waals surface area contributed by atoms with Crippen molar-refractivity contribution in [3.8, 4) is 0 Å².